The zero-order chi connectivity index (χ0) is 17.8. The summed E-state index contributed by atoms with van der Waals surface area (Å²) in [5.74, 6) is 1.14. The highest BCUT2D eigenvalue weighted by atomic mass is 16.5. The van der Waals surface area contributed by atoms with Crippen LogP contribution in [0.5, 0.6) is 0 Å². The summed E-state index contributed by atoms with van der Waals surface area (Å²) in [4.78, 5) is 34.3. The number of carbonyl (C=O) groups excluding carboxylic acids is 1. The normalized spacial score (nSPS) is 10.8. The summed E-state index contributed by atoms with van der Waals surface area (Å²) in [7, 11) is 1.68. The average molecular weight is 343 g/mol. The summed E-state index contributed by atoms with van der Waals surface area (Å²) >= 11 is 0. The number of aryl methyl sites for hydroxylation is 2. The van der Waals surface area contributed by atoms with E-state index in [4.69, 9.17) is 8.94 Å². The van der Waals surface area contributed by atoms with E-state index < -0.39 is 0 Å². The lowest BCUT2D eigenvalue weighted by molar-refractivity contribution is -0.130. The molecule has 1 amide bonds. The van der Waals surface area contributed by atoms with Gasteiger partial charge in [0.15, 0.2) is 5.82 Å². The molecule has 25 heavy (non-hydrogen) atoms. The Hall–Kier alpha value is -3.23. The van der Waals surface area contributed by atoms with Crippen molar-refractivity contribution in [3.8, 4) is 11.5 Å². The van der Waals surface area contributed by atoms with Gasteiger partial charge in [0.25, 0.3) is 11.4 Å². The van der Waals surface area contributed by atoms with Crippen molar-refractivity contribution in [3.63, 3.8) is 0 Å². The van der Waals surface area contributed by atoms with Gasteiger partial charge in [-0.1, -0.05) is 5.16 Å². The van der Waals surface area contributed by atoms with Gasteiger partial charge in [0, 0.05) is 26.2 Å². The lowest BCUT2D eigenvalue weighted by Gasteiger charge is -2.16. The third-order valence-electron chi connectivity index (χ3n) is 3.62. The van der Waals surface area contributed by atoms with Gasteiger partial charge in [-0.3, -0.25) is 14.2 Å². The molecule has 3 aromatic rings. The van der Waals surface area contributed by atoms with Crippen molar-refractivity contribution in [1.29, 1.82) is 0 Å². The summed E-state index contributed by atoms with van der Waals surface area (Å²) in [5.41, 5.74) is -0.125. The maximum atomic E-state index is 12.5. The van der Waals surface area contributed by atoms with Crippen molar-refractivity contribution in [3.05, 3.63) is 52.9 Å². The number of nitrogens with zero attached hydrogens (tertiary/aromatic N) is 5. The monoisotopic (exact) mass is 343 g/mol. The van der Waals surface area contributed by atoms with E-state index >= 15 is 0 Å². The van der Waals surface area contributed by atoms with Gasteiger partial charge in [-0.15, -0.1) is 0 Å². The lowest BCUT2D eigenvalue weighted by Crippen LogP contribution is -2.29. The minimum Gasteiger partial charge on any atom is -0.467 e. The Bertz CT molecular complexity index is 913. The molecule has 0 fully saturated rings. The van der Waals surface area contributed by atoms with Crippen LogP contribution in [0.3, 0.4) is 0 Å². The second kappa shape index (κ2) is 7.12. The van der Waals surface area contributed by atoms with Crippen molar-refractivity contribution < 1.29 is 13.7 Å². The molecule has 0 aliphatic carbocycles. The second-order valence-corrected chi connectivity index (χ2v) is 5.53. The first-order chi connectivity index (χ1) is 12.0. The number of amides is 1. The zero-order valence-corrected chi connectivity index (χ0v) is 13.9. The molecule has 0 aliphatic rings. The molecule has 0 spiro atoms. The van der Waals surface area contributed by atoms with Crippen LogP contribution >= 0.6 is 0 Å². The van der Waals surface area contributed by atoms with Gasteiger partial charge < -0.3 is 13.8 Å². The molecule has 0 saturated heterocycles. The molecule has 0 aromatic carbocycles. The second-order valence-electron chi connectivity index (χ2n) is 5.53. The summed E-state index contributed by atoms with van der Waals surface area (Å²) in [6.07, 6.45) is 4.47. The molecule has 9 heteroatoms. The largest absolute Gasteiger partial charge is 0.467 e. The predicted octanol–water partition coefficient (Wildman–Crippen LogP) is 1.24. The highest BCUT2D eigenvalue weighted by molar-refractivity contribution is 5.75. The lowest BCUT2D eigenvalue weighted by atomic mass is 10.3. The van der Waals surface area contributed by atoms with Crippen LogP contribution in [0.15, 0.2) is 44.7 Å². The van der Waals surface area contributed by atoms with Crippen LogP contribution in [0, 0.1) is 6.92 Å². The Morgan fingerprint density at radius 1 is 1.40 bits per heavy atom. The number of hydrogen-bond acceptors (Lipinski definition) is 7. The van der Waals surface area contributed by atoms with Crippen molar-refractivity contribution in [2.24, 2.45) is 0 Å². The fourth-order valence-corrected chi connectivity index (χ4v) is 2.29. The van der Waals surface area contributed by atoms with Gasteiger partial charge in [0.2, 0.25) is 5.91 Å². The molecule has 3 heterocycles. The van der Waals surface area contributed by atoms with Crippen molar-refractivity contribution in [1.82, 2.24) is 24.6 Å². The number of carbonyl (C=O) groups is 1. The van der Waals surface area contributed by atoms with Crippen molar-refractivity contribution in [2.75, 3.05) is 7.05 Å². The van der Waals surface area contributed by atoms with Gasteiger partial charge in [0.05, 0.1) is 19.1 Å². The van der Waals surface area contributed by atoms with E-state index in [0.29, 0.717) is 18.1 Å². The van der Waals surface area contributed by atoms with Crippen molar-refractivity contribution >= 4 is 5.91 Å². The molecule has 0 N–H and O–H groups in total. The third-order valence-corrected chi connectivity index (χ3v) is 3.62. The highest BCUT2D eigenvalue weighted by Gasteiger charge is 2.15. The van der Waals surface area contributed by atoms with Crippen molar-refractivity contribution in [2.45, 2.75) is 26.4 Å². The van der Waals surface area contributed by atoms with E-state index in [1.165, 1.54) is 17.1 Å². The fourth-order valence-electron chi connectivity index (χ4n) is 2.29. The van der Waals surface area contributed by atoms with Crippen LogP contribution in [-0.2, 0) is 17.9 Å². The summed E-state index contributed by atoms with van der Waals surface area (Å²) in [5, 5.41) is 3.66. The van der Waals surface area contributed by atoms with Crippen LogP contribution in [0.4, 0.5) is 0 Å². The predicted molar refractivity (Wildman–Crippen MR) is 86.3 cm³/mol. The first-order valence-corrected chi connectivity index (χ1v) is 7.66. The quantitative estimate of drug-likeness (QED) is 0.662. The van der Waals surface area contributed by atoms with E-state index in [-0.39, 0.29) is 35.9 Å². The molecule has 0 aliphatic heterocycles. The van der Waals surface area contributed by atoms with Crippen LogP contribution in [-0.4, -0.2) is 37.5 Å². The Kier molecular flexibility index (Phi) is 4.73. The molecule has 3 rings (SSSR count). The molecular formula is C16H17N5O4. The number of aromatic nitrogens is 4. The van der Waals surface area contributed by atoms with E-state index in [1.54, 1.807) is 37.3 Å². The van der Waals surface area contributed by atoms with E-state index in [9.17, 15) is 9.59 Å². The van der Waals surface area contributed by atoms with Gasteiger partial charge in [-0.2, -0.15) is 4.98 Å². The van der Waals surface area contributed by atoms with Crippen LogP contribution < -0.4 is 5.56 Å². The SMILES string of the molecule is Cc1noc(-c2cncn(CCC(=O)N(C)Cc3ccco3)c2=O)n1. The number of hydrogen-bond donors (Lipinski definition) is 0. The topological polar surface area (TPSA) is 107 Å². The average Bonchev–Trinajstić information content (AvgIpc) is 3.25. The molecule has 0 radical (unpaired) electrons. The molecule has 3 aromatic heterocycles. The third kappa shape index (κ3) is 3.82. The highest BCUT2D eigenvalue weighted by Crippen LogP contribution is 2.11. The van der Waals surface area contributed by atoms with Gasteiger partial charge in [-0.05, 0) is 19.1 Å². The molecule has 0 atom stereocenters. The van der Waals surface area contributed by atoms with Gasteiger partial charge in [-0.25, -0.2) is 4.98 Å². The first kappa shape index (κ1) is 16.6. The Balaban J connectivity index is 1.67. The maximum Gasteiger partial charge on any atom is 0.266 e. The molecule has 0 saturated carbocycles. The summed E-state index contributed by atoms with van der Waals surface area (Å²) < 4.78 is 11.6. The van der Waals surface area contributed by atoms with E-state index in [1.807, 2.05) is 0 Å². The summed E-state index contributed by atoms with van der Waals surface area (Å²) in [6.45, 7) is 2.24. The van der Waals surface area contributed by atoms with E-state index in [0.717, 1.165) is 0 Å². The van der Waals surface area contributed by atoms with Gasteiger partial charge >= 0.3 is 0 Å². The van der Waals surface area contributed by atoms with Crippen LogP contribution in [0.1, 0.15) is 18.0 Å². The molecule has 0 bridgehead atoms. The smallest absolute Gasteiger partial charge is 0.266 e. The van der Waals surface area contributed by atoms with Gasteiger partial charge in [0.1, 0.15) is 11.3 Å². The Morgan fingerprint density at radius 2 is 2.24 bits per heavy atom. The Labute approximate surface area is 142 Å². The number of furan rings is 1. The summed E-state index contributed by atoms with van der Waals surface area (Å²) in [6, 6.07) is 3.57. The minimum atomic E-state index is -0.333. The molecule has 130 valence electrons. The van der Waals surface area contributed by atoms with E-state index in [2.05, 4.69) is 15.1 Å². The minimum absolute atomic E-state index is 0.109. The first-order valence-electron chi connectivity index (χ1n) is 7.66. The van der Waals surface area contributed by atoms with Crippen LogP contribution in [0.2, 0.25) is 0 Å². The Morgan fingerprint density at radius 3 is 2.92 bits per heavy atom. The number of rotatable bonds is 6. The zero-order valence-electron chi connectivity index (χ0n) is 13.9. The van der Waals surface area contributed by atoms with Crippen LogP contribution in [0.25, 0.3) is 11.5 Å². The fraction of sp³-hybridized carbons (Fsp3) is 0.312. The molecule has 9 nitrogen and oxygen atoms in total. The molecule has 0 unspecified atom stereocenters. The maximum absolute atomic E-state index is 12.5. The standard InChI is InChI=1S/C16H17N5O4/c1-11-18-15(25-19-11)13-8-17-10-21(16(13)23)6-5-14(22)20(2)9-12-4-3-7-24-12/h3-4,7-8,10H,5-6,9H2,1-2H3. The molecular weight excluding hydrogens is 326 g/mol.